The minimum atomic E-state index is -0.0937. The van der Waals surface area contributed by atoms with E-state index in [9.17, 15) is 4.79 Å². The number of nitrogens with one attached hydrogen (secondary N) is 2. The molecule has 0 saturated carbocycles. The Bertz CT molecular complexity index is 404. The minimum Gasteiger partial charge on any atom is -0.399 e. The minimum absolute atomic E-state index is 0.0937. The topological polar surface area (TPSA) is 67.1 Å². The van der Waals surface area contributed by atoms with Gasteiger partial charge in [0.2, 0.25) is 0 Å². The average molecular weight is 249 g/mol. The molecule has 1 aromatic carbocycles. The maximum absolute atomic E-state index is 11.8. The highest BCUT2D eigenvalue weighted by Gasteiger charge is 2.13. The van der Waals surface area contributed by atoms with Crippen molar-refractivity contribution >= 4 is 17.3 Å². The van der Waals surface area contributed by atoms with Gasteiger partial charge in [-0.1, -0.05) is 20.3 Å². The van der Waals surface area contributed by atoms with Crippen molar-refractivity contribution in [3.8, 4) is 0 Å². The summed E-state index contributed by atoms with van der Waals surface area (Å²) >= 11 is 0. The van der Waals surface area contributed by atoms with Gasteiger partial charge >= 0.3 is 0 Å². The molecule has 4 heteroatoms. The number of anilines is 2. The molecule has 0 bridgehead atoms. The highest BCUT2D eigenvalue weighted by Crippen LogP contribution is 2.21. The van der Waals surface area contributed by atoms with Gasteiger partial charge in [-0.2, -0.15) is 0 Å². The van der Waals surface area contributed by atoms with Crippen molar-refractivity contribution in [3.63, 3.8) is 0 Å². The van der Waals surface area contributed by atoms with Crippen molar-refractivity contribution < 1.29 is 4.79 Å². The van der Waals surface area contributed by atoms with Crippen LogP contribution in [-0.2, 0) is 0 Å². The molecule has 4 nitrogen and oxygen atoms in total. The molecule has 0 radical (unpaired) electrons. The first kappa shape index (κ1) is 14.4. The second-order valence-corrected chi connectivity index (χ2v) is 4.42. The quantitative estimate of drug-likeness (QED) is 0.679. The van der Waals surface area contributed by atoms with Crippen LogP contribution in [0.3, 0.4) is 0 Å². The lowest BCUT2D eigenvalue weighted by molar-refractivity contribution is 0.0964. The van der Waals surface area contributed by atoms with E-state index in [1.165, 1.54) is 0 Å². The van der Waals surface area contributed by atoms with Gasteiger partial charge in [0.25, 0.3) is 5.91 Å². The van der Waals surface area contributed by atoms with Gasteiger partial charge in [0.15, 0.2) is 0 Å². The van der Waals surface area contributed by atoms with Crippen LogP contribution >= 0.6 is 0 Å². The van der Waals surface area contributed by atoms with Crippen LogP contribution in [0.25, 0.3) is 0 Å². The molecule has 4 N–H and O–H groups in total. The lowest BCUT2D eigenvalue weighted by Crippen LogP contribution is -2.23. The summed E-state index contributed by atoms with van der Waals surface area (Å²) in [7, 11) is 1.63. The summed E-state index contributed by atoms with van der Waals surface area (Å²) in [6.45, 7) is 4.29. The van der Waals surface area contributed by atoms with Gasteiger partial charge in [0.1, 0.15) is 0 Å². The maximum Gasteiger partial charge on any atom is 0.253 e. The normalized spacial score (nSPS) is 11.9. The lowest BCUT2D eigenvalue weighted by atomic mass is 10.1. The Morgan fingerprint density at radius 3 is 2.67 bits per heavy atom. The predicted molar refractivity (Wildman–Crippen MR) is 76.9 cm³/mol. The van der Waals surface area contributed by atoms with Crippen LogP contribution in [0.2, 0.25) is 0 Å². The number of hydrogen-bond acceptors (Lipinski definition) is 3. The lowest BCUT2D eigenvalue weighted by Gasteiger charge is -2.20. The number of rotatable bonds is 6. The van der Waals surface area contributed by atoms with Crippen LogP contribution in [0.4, 0.5) is 11.4 Å². The number of carbonyl (C=O) groups is 1. The fraction of sp³-hybridized carbons (Fsp3) is 0.500. The van der Waals surface area contributed by atoms with Crippen molar-refractivity contribution in [3.05, 3.63) is 23.8 Å². The summed E-state index contributed by atoms with van der Waals surface area (Å²) in [5.74, 6) is -0.0937. The molecule has 100 valence electrons. The van der Waals surface area contributed by atoms with E-state index in [1.54, 1.807) is 19.2 Å². The molecule has 0 aliphatic carbocycles. The second kappa shape index (κ2) is 6.89. The molecule has 0 heterocycles. The fourth-order valence-electron chi connectivity index (χ4n) is 1.96. The van der Waals surface area contributed by atoms with Gasteiger partial charge < -0.3 is 16.4 Å². The number of hydrogen-bond donors (Lipinski definition) is 3. The summed E-state index contributed by atoms with van der Waals surface area (Å²) in [6.07, 6.45) is 3.22. The fourth-order valence-corrected chi connectivity index (χ4v) is 1.96. The van der Waals surface area contributed by atoms with Crippen molar-refractivity contribution in [1.82, 2.24) is 5.32 Å². The highest BCUT2D eigenvalue weighted by atomic mass is 16.1. The highest BCUT2D eigenvalue weighted by molar-refractivity contribution is 6.00. The molecular weight excluding hydrogens is 226 g/mol. The van der Waals surface area contributed by atoms with E-state index in [2.05, 4.69) is 24.5 Å². The Morgan fingerprint density at radius 2 is 2.11 bits per heavy atom. The molecule has 0 fully saturated rings. The van der Waals surface area contributed by atoms with Crippen molar-refractivity contribution in [2.75, 3.05) is 18.1 Å². The van der Waals surface area contributed by atoms with Gasteiger partial charge in [-0.05, 0) is 31.0 Å². The first-order chi connectivity index (χ1) is 8.62. The number of amides is 1. The molecule has 1 atom stereocenters. The molecule has 0 aliphatic heterocycles. The Kier molecular flexibility index (Phi) is 5.49. The zero-order valence-corrected chi connectivity index (χ0v) is 11.4. The molecule has 0 spiro atoms. The average Bonchev–Trinajstić information content (AvgIpc) is 2.37. The van der Waals surface area contributed by atoms with E-state index in [1.807, 2.05) is 6.07 Å². The largest absolute Gasteiger partial charge is 0.399 e. The summed E-state index contributed by atoms with van der Waals surface area (Å²) < 4.78 is 0. The Morgan fingerprint density at radius 1 is 1.39 bits per heavy atom. The van der Waals surface area contributed by atoms with Crippen molar-refractivity contribution in [1.29, 1.82) is 0 Å². The molecule has 0 aromatic heterocycles. The number of nitrogen functional groups attached to an aromatic ring is 1. The molecule has 0 saturated heterocycles. The van der Waals surface area contributed by atoms with E-state index >= 15 is 0 Å². The van der Waals surface area contributed by atoms with Gasteiger partial charge in [-0.25, -0.2) is 0 Å². The van der Waals surface area contributed by atoms with E-state index in [4.69, 9.17) is 5.73 Å². The Labute approximate surface area is 109 Å². The number of benzene rings is 1. The Hall–Kier alpha value is -1.71. The molecule has 1 rings (SSSR count). The zero-order chi connectivity index (χ0) is 13.5. The Balaban J connectivity index is 2.97. The van der Waals surface area contributed by atoms with Crippen LogP contribution in [0.5, 0.6) is 0 Å². The third-order valence-electron chi connectivity index (χ3n) is 3.00. The molecule has 1 amide bonds. The van der Waals surface area contributed by atoms with Gasteiger partial charge in [-0.3, -0.25) is 4.79 Å². The maximum atomic E-state index is 11.8. The molecule has 1 aromatic rings. The smallest absolute Gasteiger partial charge is 0.253 e. The van der Waals surface area contributed by atoms with Crippen LogP contribution in [0, 0.1) is 0 Å². The summed E-state index contributed by atoms with van der Waals surface area (Å²) in [4.78, 5) is 11.8. The van der Waals surface area contributed by atoms with Gasteiger partial charge in [0, 0.05) is 24.5 Å². The summed E-state index contributed by atoms with van der Waals surface area (Å²) in [6, 6.07) is 5.70. The van der Waals surface area contributed by atoms with E-state index in [-0.39, 0.29) is 5.91 Å². The second-order valence-electron chi connectivity index (χ2n) is 4.42. The van der Waals surface area contributed by atoms with Crippen LogP contribution < -0.4 is 16.4 Å². The third kappa shape index (κ3) is 3.65. The van der Waals surface area contributed by atoms with Crippen LogP contribution in [-0.4, -0.2) is 19.0 Å². The molecule has 18 heavy (non-hydrogen) atoms. The van der Waals surface area contributed by atoms with Gasteiger partial charge in [0.05, 0.1) is 5.56 Å². The number of nitrogens with two attached hydrogens (primary N) is 1. The van der Waals surface area contributed by atoms with Crippen LogP contribution in [0.1, 0.15) is 43.5 Å². The molecule has 1 unspecified atom stereocenters. The SMILES string of the molecule is CCCC(CC)Nc1cc(N)ccc1C(=O)NC. The summed E-state index contributed by atoms with van der Waals surface area (Å²) in [5, 5.41) is 6.06. The van der Waals surface area contributed by atoms with E-state index < -0.39 is 0 Å². The van der Waals surface area contributed by atoms with Crippen molar-refractivity contribution in [2.45, 2.75) is 39.2 Å². The standard InChI is InChI=1S/C14H23N3O/c1-4-6-11(5-2)17-13-9-10(15)7-8-12(13)14(18)16-3/h7-9,11,17H,4-6,15H2,1-3H3,(H,16,18). The third-order valence-corrected chi connectivity index (χ3v) is 3.00. The molecular formula is C14H23N3O. The number of carbonyl (C=O) groups excluding carboxylic acids is 1. The molecule has 0 aliphatic rings. The monoisotopic (exact) mass is 249 g/mol. The first-order valence-corrected chi connectivity index (χ1v) is 6.50. The van der Waals surface area contributed by atoms with E-state index in [0.29, 0.717) is 17.3 Å². The van der Waals surface area contributed by atoms with E-state index in [0.717, 1.165) is 24.9 Å². The van der Waals surface area contributed by atoms with Gasteiger partial charge in [-0.15, -0.1) is 0 Å². The first-order valence-electron chi connectivity index (χ1n) is 6.50. The summed E-state index contributed by atoms with van der Waals surface area (Å²) in [5.41, 5.74) is 7.91. The van der Waals surface area contributed by atoms with Crippen molar-refractivity contribution in [2.24, 2.45) is 0 Å². The zero-order valence-electron chi connectivity index (χ0n) is 11.4. The predicted octanol–water partition coefficient (Wildman–Crippen LogP) is 2.62. The van der Waals surface area contributed by atoms with Crippen LogP contribution in [0.15, 0.2) is 18.2 Å².